The lowest BCUT2D eigenvalue weighted by molar-refractivity contribution is 0.353. The number of rotatable bonds is 5. The number of nitrogens with zero attached hydrogens (tertiary/aromatic N) is 6. The fourth-order valence-electron chi connectivity index (χ4n) is 4.04. The van der Waals surface area contributed by atoms with Gasteiger partial charge in [-0.15, -0.1) is 0 Å². The summed E-state index contributed by atoms with van der Waals surface area (Å²) in [7, 11) is 0. The van der Waals surface area contributed by atoms with Crippen molar-refractivity contribution in [2.75, 3.05) is 18.0 Å². The number of hydrogen-bond acceptors (Lipinski definition) is 5. The number of piperidine rings is 1. The van der Waals surface area contributed by atoms with Gasteiger partial charge >= 0.3 is 5.69 Å². The van der Waals surface area contributed by atoms with Gasteiger partial charge in [-0.25, -0.2) is 19.7 Å². The SMILES string of the molecule is CCn1c(=O)n(CC2CCN(c3ccnc(C(C)C)n3)CC2)c2ncccc21. The third-order valence-corrected chi connectivity index (χ3v) is 5.65. The van der Waals surface area contributed by atoms with E-state index in [2.05, 4.69) is 28.7 Å². The van der Waals surface area contributed by atoms with Crippen molar-refractivity contribution in [2.45, 2.75) is 52.6 Å². The molecule has 28 heavy (non-hydrogen) atoms. The monoisotopic (exact) mass is 380 g/mol. The molecule has 0 unspecified atom stereocenters. The summed E-state index contributed by atoms with van der Waals surface area (Å²) >= 11 is 0. The van der Waals surface area contributed by atoms with Crippen LogP contribution in [0.15, 0.2) is 35.4 Å². The topological polar surface area (TPSA) is 68.8 Å². The maximum absolute atomic E-state index is 12.8. The second-order valence-electron chi connectivity index (χ2n) is 7.84. The molecule has 0 atom stereocenters. The molecule has 0 amide bonds. The number of aryl methyl sites for hydroxylation is 1. The highest BCUT2D eigenvalue weighted by molar-refractivity contribution is 5.71. The lowest BCUT2D eigenvalue weighted by Crippen LogP contribution is -2.37. The number of pyridine rings is 1. The van der Waals surface area contributed by atoms with Crippen LogP contribution in [0, 0.1) is 5.92 Å². The number of imidazole rings is 1. The van der Waals surface area contributed by atoms with Crippen molar-refractivity contribution in [3.8, 4) is 0 Å². The van der Waals surface area contributed by atoms with Crippen molar-refractivity contribution < 1.29 is 0 Å². The van der Waals surface area contributed by atoms with E-state index >= 15 is 0 Å². The second-order valence-corrected chi connectivity index (χ2v) is 7.84. The van der Waals surface area contributed by atoms with Crippen LogP contribution in [0.4, 0.5) is 5.82 Å². The standard InChI is InChI=1S/C21H28N6O/c1-4-26-17-6-5-10-23-20(17)27(21(26)28)14-16-8-12-25(13-9-16)18-7-11-22-19(24-18)15(2)3/h5-7,10-11,15-16H,4,8-9,12-14H2,1-3H3. The van der Waals surface area contributed by atoms with Crippen LogP contribution in [0.2, 0.25) is 0 Å². The average molecular weight is 380 g/mol. The van der Waals surface area contributed by atoms with Crippen LogP contribution in [-0.4, -0.2) is 37.2 Å². The summed E-state index contributed by atoms with van der Waals surface area (Å²) in [5.41, 5.74) is 1.78. The first-order valence-electron chi connectivity index (χ1n) is 10.2. The smallest absolute Gasteiger partial charge is 0.330 e. The predicted octanol–water partition coefficient (Wildman–Crippen LogP) is 3.05. The minimum atomic E-state index is 0.0519. The maximum atomic E-state index is 12.8. The Morgan fingerprint density at radius 1 is 1.11 bits per heavy atom. The largest absolute Gasteiger partial charge is 0.356 e. The summed E-state index contributed by atoms with van der Waals surface area (Å²) in [4.78, 5) is 28.7. The van der Waals surface area contributed by atoms with Crippen LogP contribution in [0.5, 0.6) is 0 Å². The van der Waals surface area contributed by atoms with Crippen molar-refractivity contribution in [1.29, 1.82) is 0 Å². The molecule has 0 bridgehead atoms. The molecule has 3 aromatic rings. The van der Waals surface area contributed by atoms with E-state index in [1.807, 2.05) is 40.5 Å². The van der Waals surface area contributed by atoms with Gasteiger partial charge in [0.2, 0.25) is 0 Å². The molecule has 4 heterocycles. The molecule has 7 nitrogen and oxygen atoms in total. The molecule has 7 heteroatoms. The van der Waals surface area contributed by atoms with Crippen LogP contribution >= 0.6 is 0 Å². The normalized spacial score (nSPS) is 15.6. The van der Waals surface area contributed by atoms with Gasteiger partial charge in [0.25, 0.3) is 0 Å². The quantitative estimate of drug-likeness (QED) is 0.680. The van der Waals surface area contributed by atoms with Crippen LogP contribution in [0.25, 0.3) is 11.2 Å². The third-order valence-electron chi connectivity index (χ3n) is 5.65. The zero-order valence-corrected chi connectivity index (χ0v) is 16.9. The van der Waals surface area contributed by atoms with Crippen molar-refractivity contribution in [3.05, 3.63) is 46.9 Å². The van der Waals surface area contributed by atoms with Gasteiger partial charge in [-0.2, -0.15) is 0 Å². The summed E-state index contributed by atoms with van der Waals surface area (Å²) in [6.07, 6.45) is 5.70. The van der Waals surface area contributed by atoms with E-state index in [0.717, 1.165) is 55.3 Å². The molecule has 0 N–H and O–H groups in total. The van der Waals surface area contributed by atoms with Gasteiger partial charge in [-0.05, 0) is 43.9 Å². The number of aromatic nitrogens is 5. The number of fused-ring (bicyclic) bond motifs is 1. The summed E-state index contributed by atoms with van der Waals surface area (Å²) in [6.45, 7) is 9.53. The van der Waals surface area contributed by atoms with E-state index in [1.54, 1.807) is 6.20 Å². The first-order valence-corrected chi connectivity index (χ1v) is 10.2. The molecular weight excluding hydrogens is 352 g/mol. The van der Waals surface area contributed by atoms with Gasteiger partial charge in [0.15, 0.2) is 5.65 Å². The van der Waals surface area contributed by atoms with E-state index in [-0.39, 0.29) is 5.69 Å². The Balaban J connectivity index is 1.48. The molecule has 0 spiro atoms. The predicted molar refractivity (Wildman–Crippen MR) is 111 cm³/mol. The summed E-state index contributed by atoms with van der Waals surface area (Å²) in [5.74, 6) is 2.70. The lowest BCUT2D eigenvalue weighted by atomic mass is 9.96. The van der Waals surface area contributed by atoms with Gasteiger partial charge in [0.05, 0.1) is 5.52 Å². The van der Waals surface area contributed by atoms with E-state index in [0.29, 0.717) is 18.4 Å². The molecule has 4 rings (SSSR count). The van der Waals surface area contributed by atoms with Gasteiger partial charge in [-0.3, -0.25) is 9.13 Å². The van der Waals surface area contributed by atoms with Gasteiger partial charge in [0.1, 0.15) is 11.6 Å². The minimum absolute atomic E-state index is 0.0519. The highest BCUT2D eigenvalue weighted by Crippen LogP contribution is 2.24. The van der Waals surface area contributed by atoms with Gasteiger partial charge in [-0.1, -0.05) is 13.8 Å². The zero-order chi connectivity index (χ0) is 19.7. The number of hydrogen-bond donors (Lipinski definition) is 0. The van der Waals surface area contributed by atoms with Crippen molar-refractivity contribution >= 4 is 17.0 Å². The molecule has 1 saturated heterocycles. The highest BCUT2D eigenvalue weighted by atomic mass is 16.1. The molecular formula is C21H28N6O. The Morgan fingerprint density at radius 3 is 2.61 bits per heavy atom. The molecule has 0 saturated carbocycles. The maximum Gasteiger partial charge on any atom is 0.330 e. The van der Waals surface area contributed by atoms with Crippen molar-refractivity contribution in [1.82, 2.24) is 24.1 Å². The molecule has 1 fully saturated rings. The van der Waals surface area contributed by atoms with Crippen molar-refractivity contribution in [2.24, 2.45) is 5.92 Å². The Hall–Kier alpha value is -2.70. The van der Waals surface area contributed by atoms with Crippen LogP contribution < -0.4 is 10.6 Å². The fourth-order valence-corrected chi connectivity index (χ4v) is 4.04. The summed E-state index contributed by atoms with van der Waals surface area (Å²) in [6, 6.07) is 5.87. The average Bonchev–Trinajstić information content (AvgIpc) is 2.99. The molecule has 1 aliphatic heterocycles. The zero-order valence-electron chi connectivity index (χ0n) is 16.9. The minimum Gasteiger partial charge on any atom is -0.356 e. The highest BCUT2D eigenvalue weighted by Gasteiger charge is 2.23. The van der Waals surface area contributed by atoms with E-state index in [9.17, 15) is 4.79 Å². The first-order chi connectivity index (χ1) is 13.6. The summed E-state index contributed by atoms with van der Waals surface area (Å²) < 4.78 is 3.67. The molecule has 0 radical (unpaired) electrons. The van der Waals surface area contributed by atoms with Crippen LogP contribution in [0.3, 0.4) is 0 Å². The molecule has 1 aliphatic rings. The Bertz CT molecular complexity index is 1010. The van der Waals surface area contributed by atoms with Gasteiger partial charge in [0, 0.05) is 44.5 Å². The Morgan fingerprint density at radius 2 is 1.89 bits per heavy atom. The Kier molecular flexibility index (Phi) is 5.15. The lowest BCUT2D eigenvalue weighted by Gasteiger charge is -2.33. The van der Waals surface area contributed by atoms with Gasteiger partial charge < -0.3 is 4.90 Å². The number of anilines is 1. The Labute approximate surface area is 165 Å². The molecule has 0 aliphatic carbocycles. The first kappa shape index (κ1) is 18.7. The summed E-state index contributed by atoms with van der Waals surface area (Å²) in [5, 5.41) is 0. The van der Waals surface area contributed by atoms with Crippen LogP contribution in [0.1, 0.15) is 45.4 Å². The fraction of sp³-hybridized carbons (Fsp3) is 0.524. The van der Waals surface area contributed by atoms with Crippen molar-refractivity contribution in [3.63, 3.8) is 0 Å². The van der Waals surface area contributed by atoms with E-state index < -0.39 is 0 Å². The van der Waals surface area contributed by atoms with E-state index in [1.165, 1.54) is 0 Å². The molecule has 3 aromatic heterocycles. The molecule has 148 valence electrons. The van der Waals surface area contributed by atoms with E-state index in [4.69, 9.17) is 4.98 Å². The molecule has 0 aromatic carbocycles. The second kappa shape index (κ2) is 7.73. The van der Waals surface area contributed by atoms with Crippen LogP contribution in [-0.2, 0) is 13.1 Å². The third kappa shape index (κ3) is 3.41.